The number of furan rings is 1. The monoisotopic (exact) mass is 338 g/mol. The molecule has 0 unspecified atom stereocenters. The molecule has 0 saturated heterocycles. The lowest BCUT2D eigenvalue weighted by Crippen LogP contribution is -2.33. The lowest BCUT2D eigenvalue weighted by Gasteiger charge is -2.29. The fraction of sp³-hybridized carbons (Fsp3) is 0.381. The van der Waals surface area contributed by atoms with Crippen LogP contribution >= 0.6 is 11.3 Å². The van der Waals surface area contributed by atoms with E-state index in [-0.39, 0.29) is 0 Å². The first-order valence-corrected chi connectivity index (χ1v) is 9.49. The van der Waals surface area contributed by atoms with Crippen molar-refractivity contribution in [2.45, 2.75) is 47.1 Å². The van der Waals surface area contributed by atoms with Gasteiger partial charge in [-0.2, -0.15) is 4.57 Å². The molecule has 2 heterocycles. The number of thiazole rings is 1. The third kappa shape index (κ3) is 2.61. The summed E-state index contributed by atoms with van der Waals surface area (Å²) in [5, 5.41) is 2.55. The van der Waals surface area contributed by atoms with Crippen LogP contribution in [0.25, 0.3) is 27.3 Å². The lowest BCUT2D eigenvalue weighted by atomic mass is 9.75. The number of fused-ring (bicyclic) bond motifs is 3. The summed E-state index contributed by atoms with van der Waals surface area (Å²) in [4.78, 5) is 0. The fourth-order valence-corrected chi connectivity index (χ4v) is 5.33. The molecule has 0 radical (unpaired) electrons. The second-order valence-corrected chi connectivity index (χ2v) is 8.72. The van der Waals surface area contributed by atoms with Crippen molar-refractivity contribution in [2.75, 3.05) is 0 Å². The molecule has 124 valence electrons. The summed E-state index contributed by atoms with van der Waals surface area (Å²) < 4.78 is 9.35. The van der Waals surface area contributed by atoms with E-state index in [0.29, 0.717) is 5.41 Å². The molecular weight excluding hydrogens is 314 g/mol. The van der Waals surface area contributed by atoms with Gasteiger partial charge < -0.3 is 4.42 Å². The summed E-state index contributed by atoms with van der Waals surface area (Å²) in [5.74, 6) is 0. The van der Waals surface area contributed by atoms with E-state index in [0.717, 1.165) is 18.5 Å². The Hall–Kier alpha value is -1.87. The average molecular weight is 338 g/mol. The van der Waals surface area contributed by atoms with Gasteiger partial charge in [-0.15, -0.1) is 0 Å². The molecule has 0 N–H and O–H groups in total. The van der Waals surface area contributed by atoms with Crippen molar-refractivity contribution in [3.63, 3.8) is 0 Å². The fourth-order valence-electron chi connectivity index (χ4n) is 4.11. The van der Waals surface area contributed by atoms with Gasteiger partial charge in [0.25, 0.3) is 5.01 Å². The molecule has 2 nitrogen and oxygen atoms in total. The lowest BCUT2D eigenvalue weighted by molar-refractivity contribution is -0.664. The van der Waals surface area contributed by atoms with Gasteiger partial charge in [0.15, 0.2) is 0 Å². The summed E-state index contributed by atoms with van der Waals surface area (Å²) in [7, 11) is 0. The summed E-state index contributed by atoms with van der Waals surface area (Å²) in [5.41, 5.74) is 5.56. The van der Waals surface area contributed by atoms with Crippen molar-refractivity contribution in [2.24, 2.45) is 5.41 Å². The van der Waals surface area contributed by atoms with Crippen LogP contribution in [0.1, 0.15) is 45.5 Å². The maximum absolute atomic E-state index is 5.59. The summed E-state index contributed by atoms with van der Waals surface area (Å²) in [6.45, 7) is 10.2. The van der Waals surface area contributed by atoms with Crippen LogP contribution < -0.4 is 4.57 Å². The normalized spacial score (nSPS) is 19.3. The molecule has 0 spiro atoms. The van der Waals surface area contributed by atoms with Crippen molar-refractivity contribution in [3.8, 4) is 0 Å². The number of hydrogen-bond donors (Lipinski definition) is 0. The summed E-state index contributed by atoms with van der Waals surface area (Å²) >= 11 is 1.88. The minimum absolute atomic E-state index is 0.357. The minimum Gasteiger partial charge on any atom is -0.464 e. The van der Waals surface area contributed by atoms with Crippen molar-refractivity contribution in [3.05, 3.63) is 46.7 Å². The highest BCUT2D eigenvalue weighted by Gasteiger charge is 2.26. The maximum atomic E-state index is 5.59. The Morgan fingerprint density at radius 2 is 2.08 bits per heavy atom. The number of aryl methyl sites for hydroxylation is 1. The van der Waals surface area contributed by atoms with Crippen LogP contribution in [0.3, 0.4) is 0 Å². The van der Waals surface area contributed by atoms with Gasteiger partial charge in [-0.1, -0.05) is 36.8 Å². The van der Waals surface area contributed by atoms with Gasteiger partial charge in [-0.05, 0) is 55.9 Å². The zero-order chi connectivity index (χ0) is 16.9. The predicted molar refractivity (Wildman–Crippen MR) is 102 cm³/mol. The molecule has 0 bridgehead atoms. The predicted octanol–water partition coefficient (Wildman–Crippen LogP) is 6.10. The minimum atomic E-state index is 0.357. The van der Waals surface area contributed by atoms with E-state index >= 15 is 0 Å². The van der Waals surface area contributed by atoms with Gasteiger partial charge in [0.2, 0.25) is 5.52 Å². The van der Waals surface area contributed by atoms with E-state index in [4.69, 9.17) is 4.42 Å². The molecule has 0 fully saturated rings. The summed E-state index contributed by atoms with van der Waals surface area (Å²) in [6, 6.07) is 6.35. The van der Waals surface area contributed by atoms with Crippen LogP contribution in [0, 0.1) is 5.41 Å². The van der Waals surface area contributed by atoms with Crippen LogP contribution in [0.15, 0.2) is 46.1 Å². The van der Waals surface area contributed by atoms with Crippen molar-refractivity contribution in [1.82, 2.24) is 0 Å². The smallest absolute Gasteiger partial charge is 0.263 e. The van der Waals surface area contributed by atoms with Crippen LogP contribution in [0.5, 0.6) is 0 Å². The van der Waals surface area contributed by atoms with Crippen LogP contribution in [-0.2, 0) is 6.54 Å². The van der Waals surface area contributed by atoms with E-state index in [2.05, 4.69) is 62.6 Å². The topological polar surface area (TPSA) is 17.0 Å². The molecule has 1 aliphatic carbocycles. The third-order valence-electron chi connectivity index (χ3n) is 4.82. The Labute approximate surface area is 147 Å². The molecular formula is C21H24NOS+. The van der Waals surface area contributed by atoms with E-state index in [1.54, 1.807) is 6.26 Å². The molecule has 1 aromatic carbocycles. The van der Waals surface area contributed by atoms with Crippen LogP contribution in [0.4, 0.5) is 0 Å². The van der Waals surface area contributed by atoms with Gasteiger partial charge in [0, 0.05) is 6.08 Å². The second-order valence-electron chi connectivity index (χ2n) is 7.66. The van der Waals surface area contributed by atoms with E-state index < -0.39 is 0 Å². The number of nitrogens with zero attached hydrogens (tertiary/aromatic N) is 1. The quantitative estimate of drug-likeness (QED) is 0.516. The van der Waals surface area contributed by atoms with E-state index in [1.807, 2.05) is 11.3 Å². The molecule has 24 heavy (non-hydrogen) atoms. The third-order valence-corrected chi connectivity index (χ3v) is 5.91. The molecule has 4 rings (SSSR count). The zero-order valence-electron chi connectivity index (χ0n) is 14.8. The highest BCUT2D eigenvalue weighted by molar-refractivity contribution is 7.19. The SMILES string of the molecule is CC[n+]1c(/C=C2/C=C(C)CC(C)(C)C2)sc2ccc3occc3c21. The molecule has 0 amide bonds. The molecule has 3 heteroatoms. The number of aromatic nitrogens is 1. The molecule has 1 aliphatic rings. The Morgan fingerprint density at radius 3 is 2.83 bits per heavy atom. The number of rotatable bonds is 2. The largest absolute Gasteiger partial charge is 0.464 e. The van der Waals surface area contributed by atoms with Gasteiger partial charge in [-0.3, -0.25) is 0 Å². The number of benzene rings is 1. The van der Waals surface area contributed by atoms with Gasteiger partial charge >= 0.3 is 0 Å². The Balaban J connectivity index is 1.91. The van der Waals surface area contributed by atoms with Gasteiger partial charge in [-0.25, -0.2) is 0 Å². The van der Waals surface area contributed by atoms with E-state index in [1.165, 1.54) is 38.2 Å². The molecule has 0 saturated carbocycles. The molecule has 0 aliphatic heterocycles. The Bertz CT molecular complexity index is 984. The molecule has 2 aromatic heterocycles. The highest BCUT2D eigenvalue weighted by Crippen LogP contribution is 2.39. The number of hydrogen-bond acceptors (Lipinski definition) is 2. The first-order chi connectivity index (χ1) is 11.5. The maximum Gasteiger partial charge on any atom is 0.263 e. The zero-order valence-corrected chi connectivity index (χ0v) is 15.7. The molecule has 3 aromatic rings. The number of allylic oxidation sites excluding steroid dienone is 3. The first kappa shape index (κ1) is 15.6. The van der Waals surface area contributed by atoms with Crippen LogP contribution in [0.2, 0.25) is 0 Å². The van der Waals surface area contributed by atoms with Crippen molar-refractivity contribution in [1.29, 1.82) is 0 Å². The second kappa shape index (κ2) is 5.59. The van der Waals surface area contributed by atoms with Gasteiger partial charge in [0.1, 0.15) is 16.8 Å². The standard InChI is InChI=1S/C21H24NOS/c1-5-22-19(11-15-10-14(2)12-21(3,4)13-15)24-18-7-6-17-16(20(18)22)8-9-23-17/h6-11H,5,12-13H2,1-4H3/q+1/b15-11-. The average Bonchev–Trinajstić information content (AvgIpc) is 3.07. The summed E-state index contributed by atoms with van der Waals surface area (Å²) in [6.07, 6.45) is 8.90. The van der Waals surface area contributed by atoms with Crippen LogP contribution in [-0.4, -0.2) is 0 Å². The Kier molecular flexibility index (Phi) is 3.65. The van der Waals surface area contributed by atoms with Gasteiger partial charge in [0.05, 0.1) is 11.6 Å². The van der Waals surface area contributed by atoms with Crippen molar-refractivity contribution < 1.29 is 8.98 Å². The highest BCUT2D eigenvalue weighted by atomic mass is 32.1. The van der Waals surface area contributed by atoms with E-state index in [9.17, 15) is 0 Å². The van der Waals surface area contributed by atoms with Crippen molar-refractivity contribution >= 4 is 38.6 Å². The Morgan fingerprint density at radius 1 is 1.25 bits per heavy atom. The molecule has 0 atom stereocenters. The first-order valence-electron chi connectivity index (χ1n) is 8.67.